The van der Waals surface area contributed by atoms with E-state index in [0.29, 0.717) is 16.8 Å². The molecule has 2 rings (SSSR count). The summed E-state index contributed by atoms with van der Waals surface area (Å²) >= 11 is 0. The van der Waals surface area contributed by atoms with E-state index in [2.05, 4.69) is 9.97 Å². The molecule has 0 amide bonds. The molecule has 0 spiro atoms. The van der Waals surface area contributed by atoms with Crippen molar-refractivity contribution >= 4 is 11.6 Å². The van der Waals surface area contributed by atoms with Crippen LogP contribution < -0.4 is 5.73 Å². The van der Waals surface area contributed by atoms with E-state index in [4.69, 9.17) is 5.73 Å². The van der Waals surface area contributed by atoms with Crippen LogP contribution in [0.2, 0.25) is 0 Å². The molecule has 92 valence electrons. The van der Waals surface area contributed by atoms with Crippen LogP contribution in [0.25, 0.3) is 11.3 Å². The van der Waals surface area contributed by atoms with Gasteiger partial charge in [0.05, 0.1) is 10.6 Å². The molecule has 0 aliphatic carbocycles. The van der Waals surface area contributed by atoms with Crippen molar-refractivity contribution in [1.82, 2.24) is 9.97 Å². The summed E-state index contributed by atoms with van der Waals surface area (Å²) in [5.41, 5.74) is 8.22. The summed E-state index contributed by atoms with van der Waals surface area (Å²) in [5, 5.41) is 10.9. The van der Waals surface area contributed by atoms with Gasteiger partial charge in [-0.15, -0.1) is 0 Å². The van der Waals surface area contributed by atoms with E-state index in [9.17, 15) is 10.1 Å². The normalized spacial score (nSPS) is 10.3. The number of aryl methyl sites for hydroxylation is 2. The van der Waals surface area contributed by atoms with Gasteiger partial charge in [-0.2, -0.15) is 0 Å². The number of nitrogen functional groups attached to an aromatic ring is 1. The van der Waals surface area contributed by atoms with E-state index in [0.717, 1.165) is 5.69 Å². The minimum atomic E-state index is -0.407. The Balaban J connectivity index is 2.57. The molecule has 0 saturated carbocycles. The van der Waals surface area contributed by atoms with Gasteiger partial charge >= 0.3 is 0 Å². The summed E-state index contributed by atoms with van der Waals surface area (Å²) < 4.78 is 0. The molecule has 6 heteroatoms. The monoisotopic (exact) mass is 244 g/mol. The van der Waals surface area contributed by atoms with Crippen molar-refractivity contribution < 1.29 is 4.92 Å². The van der Waals surface area contributed by atoms with Gasteiger partial charge < -0.3 is 5.73 Å². The number of rotatable bonds is 2. The number of nitro groups is 1. The lowest BCUT2D eigenvalue weighted by molar-refractivity contribution is -0.385. The highest BCUT2D eigenvalue weighted by molar-refractivity contribution is 5.65. The number of hydrogen-bond donors (Lipinski definition) is 1. The van der Waals surface area contributed by atoms with E-state index < -0.39 is 4.92 Å². The van der Waals surface area contributed by atoms with Gasteiger partial charge in [-0.05, 0) is 19.9 Å². The highest BCUT2D eigenvalue weighted by Crippen LogP contribution is 2.26. The topological polar surface area (TPSA) is 94.9 Å². The van der Waals surface area contributed by atoms with E-state index in [1.807, 2.05) is 0 Å². The molecule has 0 radical (unpaired) electrons. The molecule has 1 aromatic carbocycles. The molecule has 0 aliphatic rings. The lowest BCUT2D eigenvalue weighted by atomic mass is 10.1. The predicted molar refractivity (Wildman–Crippen MR) is 68.0 cm³/mol. The van der Waals surface area contributed by atoms with E-state index >= 15 is 0 Å². The van der Waals surface area contributed by atoms with Gasteiger partial charge in [0.15, 0.2) is 0 Å². The average molecular weight is 244 g/mol. The lowest BCUT2D eigenvalue weighted by Gasteiger charge is -2.04. The number of nitrogens with two attached hydrogens (primary N) is 1. The summed E-state index contributed by atoms with van der Waals surface area (Å²) in [6.07, 6.45) is 0. The van der Waals surface area contributed by atoms with Crippen LogP contribution in [0.4, 0.5) is 11.6 Å². The number of anilines is 1. The summed E-state index contributed by atoms with van der Waals surface area (Å²) in [6, 6.07) is 6.71. The Morgan fingerprint density at radius 1 is 1.22 bits per heavy atom. The maximum atomic E-state index is 10.9. The smallest absolute Gasteiger partial charge is 0.272 e. The fourth-order valence-electron chi connectivity index (χ4n) is 1.70. The van der Waals surface area contributed by atoms with E-state index in [-0.39, 0.29) is 11.6 Å². The Labute approximate surface area is 104 Å². The summed E-state index contributed by atoms with van der Waals surface area (Å²) in [4.78, 5) is 18.5. The first-order chi connectivity index (χ1) is 8.47. The van der Waals surface area contributed by atoms with Crippen molar-refractivity contribution in [3.63, 3.8) is 0 Å². The van der Waals surface area contributed by atoms with Crippen LogP contribution in [0.1, 0.15) is 11.3 Å². The molecule has 2 N–H and O–H groups in total. The number of benzene rings is 1. The largest absolute Gasteiger partial charge is 0.368 e. The van der Waals surface area contributed by atoms with Crippen LogP contribution in [-0.2, 0) is 0 Å². The van der Waals surface area contributed by atoms with E-state index in [1.54, 1.807) is 32.0 Å². The Morgan fingerprint density at radius 2 is 1.94 bits per heavy atom. The average Bonchev–Trinajstić information content (AvgIpc) is 2.27. The van der Waals surface area contributed by atoms with Gasteiger partial charge in [-0.1, -0.05) is 12.1 Å². The molecule has 6 nitrogen and oxygen atoms in total. The van der Waals surface area contributed by atoms with Crippen molar-refractivity contribution in [1.29, 1.82) is 0 Å². The van der Waals surface area contributed by atoms with Crippen LogP contribution in [0.5, 0.6) is 0 Å². The number of nitro benzene ring substituents is 1. The second-order valence-electron chi connectivity index (χ2n) is 4.01. The first kappa shape index (κ1) is 12.0. The minimum Gasteiger partial charge on any atom is -0.368 e. The van der Waals surface area contributed by atoms with Gasteiger partial charge in [-0.3, -0.25) is 10.1 Å². The third-order valence-electron chi connectivity index (χ3n) is 2.57. The zero-order valence-corrected chi connectivity index (χ0v) is 10.0. The highest BCUT2D eigenvalue weighted by atomic mass is 16.6. The maximum Gasteiger partial charge on any atom is 0.272 e. The van der Waals surface area contributed by atoms with Crippen molar-refractivity contribution in [2.75, 3.05) is 5.73 Å². The molecule has 0 saturated heterocycles. The summed E-state index contributed by atoms with van der Waals surface area (Å²) in [6.45, 7) is 3.49. The van der Waals surface area contributed by atoms with Crippen molar-refractivity contribution in [2.45, 2.75) is 13.8 Å². The zero-order valence-electron chi connectivity index (χ0n) is 10.0. The maximum absolute atomic E-state index is 10.9. The molecule has 18 heavy (non-hydrogen) atoms. The van der Waals surface area contributed by atoms with Crippen LogP contribution in [0, 0.1) is 24.0 Å². The quantitative estimate of drug-likeness (QED) is 0.645. The van der Waals surface area contributed by atoms with Crippen LogP contribution in [0.3, 0.4) is 0 Å². The SMILES string of the molecule is Cc1cc(-c2ccc(C)c([N+](=O)[O-])c2)nc(N)n1. The third-order valence-corrected chi connectivity index (χ3v) is 2.57. The van der Waals surface area contributed by atoms with Crippen LogP contribution >= 0.6 is 0 Å². The van der Waals surface area contributed by atoms with Gasteiger partial charge in [-0.25, -0.2) is 9.97 Å². The second-order valence-corrected chi connectivity index (χ2v) is 4.01. The highest BCUT2D eigenvalue weighted by Gasteiger charge is 2.13. The molecule has 0 bridgehead atoms. The lowest BCUT2D eigenvalue weighted by Crippen LogP contribution is -1.99. The molecular weight excluding hydrogens is 232 g/mol. The fourth-order valence-corrected chi connectivity index (χ4v) is 1.70. The molecule has 2 aromatic rings. The first-order valence-electron chi connectivity index (χ1n) is 5.34. The number of aromatic nitrogens is 2. The molecule has 0 fully saturated rings. The Morgan fingerprint density at radius 3 is 2.56 bits per heavy atom. The van der Waals surface area contributed by atoms with Crippen molar-refractivity contribution in [3.8, 4) is 11.3 Å². The van der Waals surface area contributed by atoms with Crippen LogP contribution in [-0.4, -0.2) is 14.9 Å². The van der Waals surface area contributed by atoms with Gasteiger partial charge in [0.25, 0.3) is 5.69 Å². The third kappa shape index (κ3) is 2.27. The van der Waals surface area contributed by atoms with Crippen molar-refractivity contribution in [3.05, 3.63) is 45.6 Å². The summed E-state index contributed by atoms with van der Waals surface area (Å²) in [5.74, 6) is 0.160. The summed E-state index contributed by atoms with van der Waals surface area (Å²) in [7, 11) is 0. The van der Waals surface area contributed by atoms with E-state index in [1.165, 1.54) is 6.07 Å². The molecule has 1 aromatic heterocycles. The Bertz CT molecular complexity index is 605. The van der Waals surface area contributed by atoms with Gasteiger partial charge in [0, 0.05) is 22.9 Å². The van der Waals surface area contributed by atoms with Crippen LogP contribution in [0.15, 0.2) is 24.3 Å². The number of nitrogens with zero attached hydrogens (tertiary/aromatic N) is 3. The first-order valence-corrected chi connectivity index (χ1v) is 5.34. The fraction of sp³-hybridized carbons (Fsp3) is 0.167. The van der Waals surface area contributed by atoms with Gasteiger partial charge in [0.2, 0.25) is 5.95 Å². The second kappa shape index (κ2) is 4.40. The zero-order chi connectivity index (χ0) is 13.3. The molecule has 1 heterocycles. The molecule has 0 unspecified atom stereocenters. The van der Waals surface area contributed by atoms with Crippen molar-refractivity contribution in [2.24, 2.45) is 0 Å². The minimum absolute atomic E-state index is 0.0716. The molecular formula is C12H12N4O2. The van der Waals surface area contributed by atoms with Gasteiger partial charge in [0.1, 0.15) is 0 Å². The number of hydrogen-bond acceptors (Lipinski definition) is 5. The standard InChI is InChI=1S/C12H12N4O2/c1-7-3-4-9(6-11(7)16(17)18)10-5-8(2)14-12(13)15-10/h3-6H,1-2H3,(H2,13,14,15). The Kier molecular flexibility index (Phi) is 2.93. The predicted octanol–water partition coefficient (Wildman–Crippen LogP) is 2.25. The Hall–Kier alpha value is -2.50. The molecule has 0 aliphatic heterocycles. The molecule has 0 atom stereocenters.